The van der Waals surface area contributed by atoms with E-state index in [-0.39, 0.29) is 24.2 Å². The summed E-state index contributed by atoms with van der Waals surface area (Å²) < 4.78 is 33.6. The van der Waals surface area contributed by atoms with Crippen LogP contribution in [0.25, 0.3) is 11.4 Å². The van der Waals surface area contributed by atoms with Crippen LogP contribution in [0, 0.1) is 5.92 Å². The maximum atomic E-state index is 12.3. The molecule has 0 saturated carbocycles. The zero-order valence-corrected chi connectivity index (χ0v) is 17.2. The van der Waals surface area contributed by atoms with Gasteiger partial charge in [0.2, 0.25) is 10.0 Å². The summed E-state index contributed by atoms with van der Waals surface area (Å²) in [5, 5.41) is 6.89. The van der Waals surface area contributed by atoms with Gasteiger partial charge in [-0.3, -0.25) is 4.79 Å². The lowest BCUT2D eigenvalue weighted by Gasteiger charge is -2.23. The normalized spacial score (nSPS) is 19.3. The minimum atomic E-state index is -3.28. The molecule has 0 bridgehead atoms. The molecule has 28 heavy (non-hydrogen) atoms. The molecule has 2 aromatic rings. The van der Waals surface area contributed by atoms with Crippen LogP contribution >= 0.6 is 0 Å². The summed E-state index contributed by atoms with van der Waals surface area (Å²) in [6.07, 6.45) is 4.62. The Bertz CT molecular complexity index is 879. The molecule has 2 atom stereocenters. The molecule has 1 fully saturated rings. The van der Waals surface area contributed by atoms with Gasteiger partial charge in [-0.05, 0) is 12.0 Å². The van der Waals surface area contributed by atoms with E-state index in [1.165, 1.54) is 9.87 Å². The largest absolute Gasteiger partial charge is 0.483 e. The van der Waals surface area contributed by atoms with Gasteiger partial charge in [-0.15, -0.1) is 0 Å². The first-order valence-electron chi connectivity index (χ1n) is 9.02. The highest BCUT2D eigenvalue weighted by molar-refractivity contribution is 7.89. The van der Waals surface area contributed by atoms with Crippen molar-refractivity contribution < 1.29 is 23.1 Å². The number of carbonyl (C=O) groups is 1. The number of ether oxygens (including phenoxy) is 1. The number of rotatable bonds is 6. The molecule has 0 radical (unpaired) electrons. The van der Waals surface area contributed by atoms with Gasteiger partial charge in [-0.25, -0.2) is 17.7 Å². The predicted octanol–water partition coefficient (Wildman–Crippen LogP) is 1.89. The van der Waals surface area contributed by atoms with Crippen LogP contribution in [0.4, 0.5) is 0 Å². The monoisotopic (exact) mass is 409 g/mol. The maximum Gasteiger partial charge on any atom is 0.290 e. The summed E-state index contributed by atoms with van der Waals surface area (Å²) in [6.45, 7) is 2.83. The minimum absolute atomic E-state index is 0.0304. The van der Waals surface area contributed by atoms with E-state index in [0.717, 1.165) is 17.8 Å². The van der Waals surface area contributed by atoms with E-state index in [1.807, 2.05) is 18.3 Å². The number of aryl methyl sites for hydroxylation is 1. The lowest BCUT2D eigenvalue weighted by atomic mass is 10.0. The summed E-state index contributed by atoms with van der Waals surface area (Å²) in [7, 11) is -0.137. The van der Waals surface area contributed by atoms with Crippen LogP contribution in [-0.2, 0) is 26.0 Å². The Balaban J connectivity index is 0.000000878. The quantitative estimate of drug-likeness (QED) is 0.731. The van der Waals surface area contributed by atoms with Crippen molar-refractivity contribution in [1.82, 2.24) is 13.9 Å². The third-order valence-corrected chi connectivity index (χ3v) is 6.77. The van der Waals surface area contributed by atoms with Crippen LogP contribution in [-0.4, -0.2) is 66.9 Å². The standard InChI is InChI=1S/C18H25N3O3S.CH2O2/c1-4-14-7-5-6-8-16(14)18-19-9-10-21(18)17-12-24-11-15(17)13-25(22,23)20(2)3;2-1-3/h5-10,15,17H,4,11-13H2,1-3H3;1H,(H,2,3)/t15-,17+;/m0./s1. The van der Waals surface area contributed by atoms with Crippen molar-refractivity contribution in [2.75, 3.05) is 33.1 Å². The van der Waals surface area contributed by atoms with Crippen LogP contribution in [0.3, 0.4) is 0 Å². The lowest BCUT2D eigenvalue weighted by molar-refractivity contribution is -0.122. The van der Waals surface area contributed by atoms with E-state index in [4.69, 9.17) is 14.6 Å². The van der Waals surface area contributed by atoms with Crippen molar-refractivity contribution >= 4 is 16.5 Å². The van der Waals surface area contributed by atoms with E-state index in [2.05, 4.69) is 28.6 Å². The lowest BCUT2D eigenvalue weighted by Crippen LogP contribution is -2.32. The Hall–Kier alpha value is -2.23. The summed E-state index contributed by atoms with van der Waals surface area (Å²) in [4.78, 5) is 12.9. The second kappa shape index (κ2) is 9.81. The number of hydrogen-bond donors (Lipinski definition) is 1. The van der Waals surface area contributed by atoms with Gasteiger partial charge in [-0.1, -0.05) is 31.2 Å². The Kier molecular flexibility index (Phi) is 7.73. The first-order valence-corrected chi connectivity index (χ1v) is 10.6. The Morgan fingerprint density at radius 1 is 1.32 bits per heavy atom. The summed E-state index contributed by atoms with van der Waals surface area (Å²) in [5.41, 5.74) is 2.32. The average molecular weight is 410 g/mol. The van der Waals surface area contributed by atoms with Crippen LogP contribution < -0.4 is 0 Å². The molecule has 0 aliphatic carbocycles. The molecule has 1 aliphatic rings. The Morgan fingerprint density at radius 3 is 2.64 bits per heavy atom. The molecular weight excluding hydrogens is 382 g/mol. The molecule has 1 saturated heterocycles. The fraction of sp³-hybridized carbons (Fsp3) is 0.474. The molecule has 8 nitrogen and oxygen atoms in total. The first-order chi connectivity index (χ1) is 13.4. The molecule has 1 aliphatic heterocycles. The number of aromatic nitrogens is 2. The number of imidazole rings is 1. The van der Waals surface area contributed by atoms with Gasteiger partial charge in [0.05, 0.1) is 25.0 Å². The van der Waals surface area contributed by atoms with Crippen molar-refractivity contribution in [2.45, 2.75) is 19.4 Å². The highest BCUT2D eigenvalue weighted by Crippen LogP contribution is 2.32. The molecule has 1 N–H and O–H groups in total. The Morgan fingerprint density at radius 2 is 2.00 bits per heavy atom. The number of carboxylic acid groups (broad SMARTS) is 1. The fourth-order valence-corrected chi connectivity index (χ4v) is 4.47. The zero-order chi connectivity index (χ0) is 20.7. The van der Waals surface area contributed by atoms with Crippen LogP contribution in [0.5, 0.6) is 0 Å². The van der Waals surface area contributed by atoms with Gasteiger partial charge in [0.15, 0.2) is 0 Å². The topological polar surface area (TPSA) is 102 Å². The van der Waals surface area contributed by atoms with Crippen molar-refractivity contribution in [2.24, 2.45) is 5.92 Å². The van der Waals surface area contributed by atoms with Crippen molar-refractivity contribution in [3.8, 4) is 11.4 Å². The molecule has 0 unspecified atom stereocenters. The fourth-order valence-electron chi connectivity index (χ4n) is 3.31. The second-order valence-electron chi connectivity index (χ2n) is 6.70. The molecule has 2 heterocycles. The number of sulfonamides is 1. The van der Waals surface area contributed by atoms with Gasteiger partial charge in [0.25, 0.3) is 6.47 Å². The van der Waals surface area contributed by atoms with Crippen LogP contribution in [0.1, 0.15) is 18.5 Å². The molecule has 0 amide bonds. The number of benzene rings is 1. The molecule has 1 aromatic carbocycles. The predicted molar refractivity (Wildman–Crippen MR) is 107 cm³/mol. The minimum Gasteiger partial charge on any atom is -0.483 e. The highest BCUT2D eigenvalue weighted by Gasteiger charge is 2.35. The van der Waals surface area contributed by atoms with Crippen molar-refractivity contribution in [3.63, 3.8) is 0 Å². The summed E-state index contributed by atoms with van der Waals surface area (Å²) in [5.74, 6) is 0.867. The molecule has 154 valence electrons. The number of hydrogen-bond acceptors (Lipinski definition) is 5. The highest BCUT2D eigenvalue weighted by atomic mass is 32.2. The smallest absolute Gasteiger partial charge is 0.290 e. The number of nitrogens with zero attached hydrogens (tertiary/aromatic N) is 3. The average Bonchev–Trinajstić information content (AvgIpc) is 3.30. The van der Waals surface area contributed by atoms with E-state index in [9.17, 15) is 8.42 Å². The van der Waals surface area contributed by atoms with Gasteiger partial charge >= 0.3 is 0 Å². The van der Waals surface area contributed by atoms with E-state index in [0.29, 0.717) is 13.2 Å². The first kappa shape index (κ1) is 22.1. The molecule has 3 rings (SSSR count). The SMILES string of the molecule is CCc1ccccc1-c1nccn1[C@@H]1COC[C@H]1CS(=O)(=O)N(C)C.O=CO. The zero-order valence-electron chi connectivity index (χ0n) is 16.4. The van der Waals surface area contributed by atoms with Gasteiger partial charge in [-0.2, -0.15) is 0 Å². The third-order valence-electron chi connectivity index (χ3n) is 4.81. The second-order valence-corrected chi connectivity index (χ2v) is 8.93. The Labute approximate surface area is 165 Å². The van der Waals surface area contributed by atoms with Crippen LogP contribution in [0.2, 0.25) is 0 Å². The molecular formula is C19H27N3O5S. The molecule has 9 heteroatoms. The van der Waals surface area contributed by atoms with E-state index >= 15 is 0 Å². The van der Waals surface area contributed by atoms with E-state index < -0.39 is 10.0 Å². The molecule has 0 spiro atoms. The van der Waals surface area contributed by atoms with Gasteiger partial charge < -0.3 is 14.4 Å². The van der Waals surface area contributed by atoms with Gasteiger partial charge in [0, 0.05) is 38.0 Å². The summed E-state index contributed by atoms with van der Waals surface area (Å²) >= 11 is 0. The van der Waals surface area contributed by atoms with Gasteiger partial charge in [0.1, 0.15) is 5.82 Å². The third kappa shape index (κ3) is 4.98. The molecule has 1 aromatic heterocycles. The van der Waals surface area contributed by atoms with E-state index in [1.54, 1.807) is 20.3 Å². The van der Waals surface area contributed by atoms with Crippen molar-refractivity contribution in [3.05, 3.63) is 42.2 Å². The summed E-state index contributed by atoms with van der Waals surface area (Å²) in [6, 6.07) is 8.18. The maximum absolute atomic E-state index is 12.3. The van der Waals surface area contributed by atoms with Crippen molar-refractivity contribution in [1.29, 1.82) is 0 Å². The van der Waals surface area contributed by atoms with Crippen LogP contribution in [0.15, 0.2) is 36.7 Å².